The van der Waals surface area contributed by atoms with Gasteiger partial charge in [-0.15, -0.1) is 0 Å². The van der Waals surface area contributed by atoms with Crippen molar-refractivity contribution in [1.29, 1.82) is 0 Å². The number of ether oxygens (including phenoxy) is 1. The molecule has 0 fully saturated rings. The summed E-state index contributed by atoms with van der Waals surface area (Å²) in [5.41, 5.74) is -6.58. The Morgan fingerprint density at radius 3 is 1.85 bits per heavy atom. The third-order valence-corrected chi connectivity index (χ3v) is 5.94. The Balaban J connectivity index is 1.57. The molecular formula is C38H24N2O. The van der Waals surface area contributed by atoms with Gasteiger partial charge in [-0.25, -0.2) is 9.97 Å². The van der Waals surface area contributed by atoms with Crippen LogP contribution >= 0.6 is 0 Å². The summed E-state index contributed by atoms with van der Waals surface area (Å²) in [6, 6.07) is -20.9. The first-order valence-corrected chi connectivity index (χ1v) is 11.8. The van der Waals surface area contributed by atoms with Crippen LogP contribution in [0.4, 0.5) is 0 Å². The molecule has 0 bridgehead atoms. The lowest BCUT2D eigenvalue weighted by Crippen LogP contribution is -1.99. The van der Waals surface area contributed by atoms with Gasteiger partial charge < -0.3 is 4.74 Å². The summed E-state index contributed by atoms with van der Waals surface area (Å²) in [4.78, 5) is 8.58. The second-order valence-electron chi connectivity index (χ2n) is 8.38. The molecule has 3 nitrogen and oxygen atoms in total. The standard InChI is InChI=1S/C38H24N2O/c1-3-10-25(11-4-1)28-16-7-17-29(22-28)33-24-34(40-38(39-33)27-12-5-2-6-13-27)30-20-21-35-32(23-30)31-18-8-14-26-15-9-19-36(41-35)37(26)31/h1-24H/i1D,2D,3D,4D,5D,6D,7D,8D,9D,10D,11D,12D,13D,14D,15D,16D,17D,18D,19D,20D,21D,22D,23D,24D. The molecular weight excluding hydrogens is 500 g/mol. The highest BCUT2D eigenvalue weighted by atomic mass is 16.5. The highest BCUT2D eigenvalue weighted by molar-refractivity contribution is 6.04. The Morgan fingerprint density at radius 1 is 0.439 bits per heavy atom. The molecule has 7 aromatic rings. The maximum Gasteiger partial charge on any atom is 0.160 e. The molecule has 0 amide bonds. The predicted molar refractivity (Wildman–Crippen MR) is 167 cm³/mol. The SMILES string of the molecule is [2H]c1c(-c2c([2H])c([2H])c([2H])c(-c3c([2H])c([2H])c([2H])c([2H])c3[2H])c2[2H])nc(-c2c([2H])c([2H])c([2H])c([2H])c2[2H])nc1-c1c([2H])c([2H])c2c(c1[2H])-c1c([2H])c([2H])c([2H])c3c([2H])c([2H])c([2H])c(c13)O2. The summed E-state index contributed by atoms with van der Waals surface area (Å²) in [6.45, 7) is 0. The van der Waals surface area contributed by atoms with Gasteiger partial charge in [0.25, 0.3) is 0 Å². The molecule has 192 valence electrons. The number of fused-ring (bicyclic) bond motifs is 2. The van der Waals surface area contributed by atoms with E-state index in [1.807, 2.05) is 0 Å². The van der Waals surface area contributed by atoms with E-state index in [4.69, 9.17) is 32.2 Å². The first-order valence-electron chi connectivity index (χ1n) is 23.8. The molecule has 0 unspecified atom stereocenters. The molecule has 6 aromatic carbocycles. The van der Waals surface area contributed by atoms with E-state index in [1.54, 1.807) is 0 Å². The molecule has 8 rings (SSSR count). The largest absolute Gasteiger partial charge is 0.456 e. The zero-order valence-electron chi connectivity index (χ0n) is 44.3. The normalized spacial score (nSPS) is 19.8. The molecule has 2 heterocycles. The molecule has 1 aliphatic heterocycles. The van der Waals surface area contributed by atoms with Crippen molar-refractivity contribution in [3.8, 4) is 67.7 Å². The lowest BCUT2D eigenvalue weighted by Gasteiger charge is -2.22. The fourth-order valence-electron chi connectivity index (χ4n) is 4.15. The molecule has 0 aliphatic carbocycles. The van der Waals surface area contributed by atoms with Crippen molar-refractivity contribution >= 4 is 10.8 Å². The van der Waals surface area contributed by atoms with E-state index in [1.165, 1.54) is 0 Å². The van der Waals surface area contributed by atoms with Gasteiger partial charge in [0.15, 0.2) is 5.82 Å². The first-order chi connectivity index (χ1) is 30.3. The van der Waals surface area contributed by atoms with Crippen molar-refractivity contribution in [2.75, 3.05) is 0 Å². The van der Waals surface area contributed by atoms with Crippen LogP contribution in [-0.2, 0) is 0 Å². The minimum absolute atomic E-state index is 0.322. The monoisotopic (exact) mass is 548 g/mol. The fourth-order valence-corrected chi connectivity index (χ4v) is 4.15. The third-order valence-electron chi connectivity index (χ3n) is 5.94. The van der Waals surface area contributed by atoms with Crippen molar-refractivity contribution in [1.82, 2.24) is 9.97 Å². The molecule has 3 heteroatoms. The van der Waals surface area contributed by atoms with E-state index < -0.39 is 218 Å². The zero-order chi connectivity index (χ0) is 48.1. The molecule has 1 aromatic heterocycles. The molecule has 1 aliphatic rings. The summed E-state index contributed by atoms with van der Waals surface area (Å²) in [5.74, 6) is -2.01. The van der Waals surface area contributed by atoms with E-state index in [9.17, 15) is 5.48 Å². The van der Waals surface area contributed by atoms with Crippen LogP contribution in [0, 0.1) is 0 Å². The van der Waals surface area contributed by atoms with Crippen LogP contribution in [0.15, 0.2) is 145 Å². The van der Waals surface area contributed by atoms with E-state index in [-0.39, 0.29) is 5.39 Å². The second-order valence-corrected chi connectivity index (χ2v) is 8.38. The van der Waals surface area contributed by atoms with Gasteiger partial charge >= 0.3 is 0 Å². The average molecular weight is 549 g/mol. The quantitative estimate of drug-likeness (QED) is 0.219. The summed E-state index contributed by atoms with van der Waals surface area (Å²) < 4.78 is 215. The molecule has 0 N–H and O–H groups in total. The predicted octanol–water partition coefficient (Wildman–Crippen LogP) is 10.1. The molecule has 0 spiro atoms. The average Bonchev–Trinajstić information content (AvgIpc) is 3.27. The topological polar surface area (TPSA) is 35.0 Å². The highest BCUT2D eigenvalue weighted by Gasteiger charge is 2.21. The van der Waals surface area contributed by atoms with E-state index >= 15 is 0 Å². The molecule has 0 atom stereocenters. The Bertz CT molecular complexity index is 3340. The highest BCUT2D eigenvalue weighted by Crippen LogP contribution is 2.47. The molecule has 0 radical (unpaired) electrons. The maximum atomic E-state index is 9.57. The minimum Gasteiger partial charge on any atom is -0.456 e. The second kappa shape index (κ2) is 9.58. The van der Waals surface area contributed by atoms with Gasteiger partial charge in [-0.3, -0.25) is 0 Å². The van der Waals surface area contributed by atoms with Crippen LogP contribution in [0.25, 0.3) is 66.9 Å². The van der Waals surface area contributed by atoms with Crippen LogP contribution in [0.1, 0.15) is 32.9 Å². The smallest absolute Gasteiger partial charge is 0.160 e. The van der Waals surface area contributed by atoms with Gasteiger partial charge in [0.2, 0.25) is 0 Å². The number of nitrogens with zero attached hydrogens (tertiary/aromatic N) is 2. The number of hydrogen-bond acceptors (Lipinski definition) is 3. The summed E-state index contributed by atoms with van der Waals surface area (Å²) in [7, 11) is 0. The van der Waals surface area contributed by atoms with Gasteiger partial charge in [0.05, 0.1) is 44.3 Å². The maximum absolute atomic E-state index is 9.57. The van der Waals surface area contributed by atoms with Gasteiger partial charge in [-0.05, 0) is 58.3 Å². The zero-order valence-corrected chi connectivity index (χ0v) is 20.3. The first kappa shape index (κ1) is 9.53. The van der Waals surface area contributed by atoms with Gasteiger partial charge in [-0.2, -0.15) is 0 Å². The number of hydrogen-bond donors (Lipinski definition) is 0. The van der Waals surface area contributed by atoms with Crippen molar-refractivity contribution in [3.63, 3.8) is 0 Å². The Morgan fingerprint density at radius 2 is 1.07 bits per heavy atom. The Labute approximate surface area is 272 Å². The molecule has 0 saturated heterocycles. The van der Waals surface area contributed by atoms with E-state index in [0.29, 0.717) is 0 Å². The third kappa shape index (κ3) is 4.16. The van der Waals surface area contributed by atoms with Crippen LogP contribution in [0.2, 0.25) is 0 Å². The lowest BCUT2D eigenvalue weighted by molar-refractivity contribution is 0.487. The van der Waals surface area contributed by atoms with Crippen molar-refractivity contribution in [2.45, 2.75) is 0 Å². The van der Waals surface area contributed by atoms with Gasteiger partial charge in [0, 0.05) is 27.6 Å². The number of benzene rings is 6. The van der Waals surface area contributed by atoms with Crippen molar-refractivity contribution in [2.24, 2.45) is 0 Å². The number of aromatic nitrogens is 2. The van der Waals surface area contributed by atoms with Crippen LogP contribution in [0.3, 0.4) is 0 Å². The summed E-state index contributed by atoms with van der Waals surface area (Å²) in [6.07, 6.45) is 0. The van der Waals surface area contributed by atoms with Crippen LogP contribution in [0.5, 0.6) is 11.5 Å². The fraction of sp³-hybridized carbons (Fsp3) is 0. The molecule has 41 heavy (non-hydrogen) atoms. The summed E-state index contributed by atoms with van der Waals surface area (Å²) in [5, 5.41) is -0.735. The Kier molecular flexibility index (Phi) is 2.23. The van der Waals surface area contributed by atoms with Crippen molar-refractivity contribution in [3.05, 3.63) is 145 Å². The Hall–Kier alpha value is -5.54. The van der Waals surface area contributed by atoms with Crippen molar-refractivity contribution < 1.29 is 37.6 Å². The lowest BCUT2D eigenvalue weighted by atomic mass is 9.93. The summed E-state index contributed by atoms with van der Waals surface area (Å²) >= 11 is 0. The minimum atomic E-state index is -1.01. The molecule has 0 saturated carbocycles. The van der Waals surface area contributed by atoms with Crippen LogP contribution < -0.4 is 4.74 Å². The van der Waals surface area contributed by atoms with Crippen LogP contribution in [-0.4, -0.2) is 9.97 Å². The van der Waals surface area contributed by atoms with Gasteiger partial charge in [0.1, 0.15) is 11.5 Å². The van der Waals surface area contributed by atoms with E-state index in [0.717, 1.165) is 0 Å². The van der Waals surface area contributed by atoms with E-state index in [2.05, 4.69) is 9.97 Å². The number of rotatable bonds is 4. The van der Waals surface area contributed by atoms with Gasteiger partial charge in [-0.1, -0.05) is 109 Å².